The van der Waals surface area contributed by atoms with Crippen molar-refractivity contribution >= 4 is 11.5 Å². The Morgan fingerprint density at radius 1 is 0.862 bits per heavy atom. The van der Waals surface area contributed by atoms with Crippen molar-refractivity contribution in [3.63, 3.8) is 0 Å². The lowest BCUT2D eigenvalue weighted by Gasteiger charge is -2.13. The molecule has 0 aliphatic carbocycles. The highest BCUT2D eigenvalue weighted by Crippen LogP contribution is 2.39. The Morgan fingerprint density at radius 3 is 2.41 bits per heavy atom. The molecule has 3 heterocycles. The molecule has 0 radical (unpaired) electrons. The Morgan fingerprint density at radius 2 is 1.62 bits per heavy atom. The summed E-state index contributed by atoms with van der Waals surface area (Å²) in [5.41, 5.74) is 3.98. The van der Waals surface area contributed by atoms with Gasteiger partial charge in [-0.15, -0.1) is 0 Å². The minimum absolute atomic E-state index is 0.639. The lowest BCUT2D eigenvalue weighted by molar-refractivity contribution is 0.357. The molecule has 6 heteroatoms. The topological polar surface area (TPSA) is 69.2 Å². The minimum atomic E-state index is 0.639. The van der Waals surface area contributed by atoms with Gasteiger partial charge in [-0.3, -0.25) is 0 Å². The van der Waals surface area contributed by atoms with E-state index in [1.165, 1.54) is 6.33 Å². The van der Waals surface area contributed by atoms with Crippen LogP contribution in [0.1, 0.15) is 5.56 Å². The van der Waals surface area contributed by atoms with Crippen molar-refractivity contribution in [3.05, 3.63) is 85.1 Å². The molecule has 0 bridgehead atoms. The van der Waals surface area contributed by atoms with Crippen LogP contribution < -0.4 is 14.8 Å². The molecule has 29 heavy (non-hydrogen) atoms. The number of rotatable bonds is 5. The maximum Gasteiger partial charge on any atom is 0.173 e. The third-order valence-electron chi connectivity index (χ3n) is 4.70. The molecule has 0 atom stereocenters. The van der Waals surface area contributed by atoms with Crippen LogP contribution in [0, 0.1) is 0 Å². The summed E-state index contributed by atoms with van der Waals surface area (Å²) in [7, 11) is 0. The monoisotopic (exact) mass is 382 g/mol. The first-order valence-electron chi connectivity index (χ1n) is 9.37. The van der Waals surface area contributed by atoms with Crippen LogP contribution in [0.5, 0.6) is 17.2 Å². The number of nitrogens with one attached hydrogen (secondary N) is 1. The first-order valence-corrected chi connectivity index (χ1v) is 9.37. The second kappa shape index (κ2) is 7.59. The molecule has 2 aromatic heterocycles. The smallest absolute Gasteiger partial charge is 0.173 e. The summed E-state index contributed by atoms with van der Waals surface area (Å²) in [5.74, 6) is 3.07. The standard InChI is InChI=1S/C23H18N4O2/c1-2-4-18(5-3-1)29-19-8-6-17(7-9-19)27-23-22-20(10-11-28-22)21(14-26-23)16-12-24-15-25-13-16/h1-9,12-15H,10-11H2,(H,26,27). The second-order valence-electron chi connectivity index (χ2n) is 6.62. The number of fused-ring (bicyclic) bond motifs is 1. The van der Waals surface area contributed by atoms with Gasteiger partial charge in [0.1, 0.15) is 17.8 Å². The van der Waals surface area contributed by atoms with Crippen LogP contribution in [0.3, 0.4) is 0 Å². The predicted molar refractivity (Wildman–Crippen MR) is 111 cm³/mol. The average molecular weight is 382 g/mol. The van der Waals surface area contributed by atoms with Gasteiger partial charge in [0.05, 0.1) is 6.61 Å². The Bertz CT molecular complexity index is 1120. The van der Waals surface area contributed by atoms with Crippen LogP contribution in [-0.4, -0.2) is 21.6 Å². The van der Waals surface area contributed by atoms with Gasteiger partial charge in [0, 0.05) is 47.4 Å². The van der Waals surface area contributed by atoms with Gasteiger partial charge in [-0.25, -0.2) is 15.0 Å². The maximum absolute atomic E-state index is 5.88. The number of anilines is 2. The van der Waals surface area contributed by atoms with Crippen molar-refractivity contribution in [2.24, 2.45) is 0 Å². The fourth-order valence-electron chi connectivity index (χ4n) is 3.33. The van der Waals surface area contributed by atoms with Gasteiger partial charge >= 0.3 is 0 Å². The van der Waals surface area contributed by atoms with Crippen molar-refractivity contribution in [3.8, 4) is 28.4 Å². The molecule has 0 saturated heterocycles. The van der Waals surface area contributed by atoms with Crippen LogP contribution in [0.25, 0.3) is 11.1 Å². The Hall–Kier alpha value is -3.93. The SMILES string of the molecule is c1ccc(Oc2ccc(Nc3ncc(-c4cncnc4)c4c3OCC4)cc2)cc1. The first kappa shape index (κ1) is 17.2. The lowest BCUT2D eigenvalue weighted by Crippen LogP contribution is -1.98. The number of nitrogens with zero attached hydrogens (tertiary/aromatic N) is 3. The third kappa shape index (κ3) is 3.60. The molecular weight excluding hydrogens is 364 g/mol. The normalized spacial score (nSPS) is 12.1. The average Bonchev–Trinajstić information content (AvgIpc) is 3.27. The summed E-state index contributed by atoms with van der Waals surface area (Å²) < 4.78 is 11.7. The van der Waals surface area contributed by atoms with Crippen molar-refractivity contribution in [2.45, 2.75) is 6.42 Å². The van der Waals surface area contributed by atoms with Gasteiger partial charge < -0.3 is 14.8 Å². The van der Waals surface area contributed by atoms with Crippen molar-refractivity contribution < 1.29 is 9.47 Å². The van der Waals surface area contributed by atoms with E-state index in [1.807, 2.05) is 60.8 Å². The number of pyridine rings is 1. The van der Waals surface area contributed by atoms with E-state index in [4.69, 9.17) is 9.47 Å². The molecule has 1 aliphatic heterocycles. The number of para-hydroxylation sites is 1. The maximum atomic E-state index is 5.88. The first-order chi connectivity index (χ1) is 14.4. The van der Waals surface area contributed by atoms with E-state index >= 15 is 0 Å². The molecule has 142 valence electrons. The predicted octanol–water partition coefficient (Wildman–Crippen LogP) is 5.01. The van der Waals surface area contributed by atoms with Gasteiger partial charge in [0.2, 0.25) is 0 Å². The number of hydrogen-bond donors (Lipinski definition) is 1. The molecule has 1 aliphatic rings. The van der Waals surface area contributed by atoms with Crippen LogP contribution in [0.2, 0.25) is 0 Å². The summed E-state index contributed by atoms with van der Waals surface area (Å²) in [6, 6.07) is 17.5. The fourth-order valence-corrected chi connectivity index (χ4v) is 3.33. The van der Waals surface area contributed by atoms with E-state index in [9.17, 15) is 0 Å². The van der Waals surface area contributed by atoms with E-state index in [-0.39, 0.29) is 0 Å². The Kier molecular flexibility index (Phi) is 4.50. The largest absolute Gasteiger partial charge is 0.489 e. The van der Waals surface area contributed by atoms with Crippen molar-refractivity contribution in [1.82, 2.24) is 15.0 Å². The summed E-state index contributed by atoms with van der Waals surface area (Å²) in [5, 5.41) is 3.35. The Labute approximate surface area is 168 Å². The number of benzene rings is 2. The van der Waals surface area contributed by atoms with E-state index < -0.39 is 0 Å². The molecule has 6 nitrogen and oxygen atoms in total. The van der Waals surface area contributed by atoms with Gasteiger partial charge in [0.15, 0.2) is 11.6 Å². The summed E-state index contributed by atoms with van der Waals surface area (Å²) in [4.78, 5) is 12.8. The molecule has 5 rings (SSSR count). The van der Waals surface area contributed by atoms with Crippen LogP contribution in [0.15, 0.2) is 79.5 Å². The van der Waals surface area contributed by atoms with E-state index in [2.05, 4.69) is 20.3 Å². The number of ether oxygens (including phenoxy) is 2. The van der Waals surface area contributed by atoms with E-state index in [0.29, 0.717) is 12.4 Å². The van der Waals surface area contributed by atoms with Crippen molar-refractivity contribution in [2.75, 3.05) is 11.9 Å². The van der Waals surface area contributed by atoms with Crippen LogP contribution in [0.4, 0.5) is 11.5 Å². The highest BCUT2D eigenvalue weighted by Gasteiger charge is 2.22. The third-order valence-corrected chi connectivity index (χ3v) is 4.70. The van der Waals surface area contributed by atoms with Crippen LogP contribution in [-0.2, 0) is 6.42 Å². The van der Waals surface area contributed by atoms with Gasteiger partial charge in [0.25, 0.3) is 0 Å². The van der Waals surface area contributed by atoms with Crippen molar-refractivity contribution in [1.29, 1.82) is 0 Å². The molecule has 0 amide bonds. The lowest BCUT2D eigenvalue weighted by atomic mass is 10.0. The molecule has 2 aromatic carbocycles. The van der Waals surface area contributed by atoms with Gasteiger partial charge in [-0.1, -0.05) is 18.2 Å². The minimum Gasteiger partial charge on any atom is -0.489 e. The molecule has 0 saturated carbocycles. The number of hydrogen-bond acceptors (Lipinski definition) is 6. The zero-order valence-electron chi connectivity index (χ0n) is 15.6. The number of aromatic nitrogens is 3. The second-order valence-corrected chi connectivity index (χ2v) is 6.62. The molecule has 0 unspecified atom stereocenters. The van der Waals surface area contributed by atoms with Crippen LogP contribution >= 0.6 is 0 Å². The summed E-state index contributed by atoms with van der Waals surface area (Å²) in [6.07, 6.45) is 7.79. The molecule has 0 spiro atoms. The van der Waals surface area contributed by atoms with E-state index in [1.54, 1.807) is 12.4 Å². The zero-order valence-corrected chi connectivity index (χ0v) is 15.6. The highest BCUT2D eigenvalue weighted by molar-refractivity contribution is 5.75. The molecular formula is C23H18N4O2. The zero-order chi connectivity index (χ0) is 19.5. The summed E-state index contributed by atoms with van der Waals surface area (Å²) in [6.45, 7) is 0.639. The fraction of sp³-hybridized carbons (Fsp3) is 0.0870. The quantitative estimate of drug-likeness (QED) is 0.523. The molecule has 1 N–H and O–H groups in total. The Balaban J connectivity index is 1.38. The molecule has 4 aromatic rings. The van der Waals surface area contributed by atoms with Gasteiger partial charge in [-0.2, -0.15) is 0 Å². The molecule has 0 fully saturated rings. The highest BCUT2D eigenvalue weighted by atomic mass is 16.5. The van der Waals surface area contributed by atoms with Gasteiger partial charge in [-0.05, 0) is 36.4 Å². The summed E-state index contributed by atoms with van der Waals surface area (Å²) >= 11 is 0. The van der Waals surface area contributed by atoms with E-state index in [0.717, 1.165) is 46.0 Å².